The van der Waals surface area contributed by atoms with E-state index >= 15 is 0 Å². The molecule has 4 N–H and O–H groups in total. The number of carbonyl (C=O) groups excluding carboxylic acids is 3. The smallest absolute Gasteiger partial charge is 0.436 e. The summed E-state index contributed by atoms with van der Waals surface area (Å²) < 4.78 is 22.5. The van der Waals surface area contributed by atoms with Crippen LogP contribution in [0.25, 0.3) is 0 Å². The van der Waals surface area contributed by atoms with Crippen molar-refractivity contribution in [1.82, 2.24) is 5.32 Å². The molecule has 2 aromatic carbocycles. The van der Waals surface area contributed by atoms with Crippen LogP contribution in [0.3, 0.4) is 0 Å². The number of aliphatic imine (C=N–C) groups is 1. The molecule has 13 heteroatoms. The highest BCUT2D eigenvalue weighted by molar-refractivity contribution is 7.91. The van der Waals surface area contributed by atoms with E-state index in [1.165, 1.54) is 18.2 Å². The SMILES string of the molecule is COC(=O)N=C(NC(=O)OC)Nc1ccc(NC(=O)C2CCCC2C(=O)O)c([S+]([O-])c2ccccc2)c1. The van der Waals surface area contributed by atoms with Crippen LogP contribution in [-0.4, -0.2) is 53.9 Å². The monoisotopic (exact) mass is 530 g/mol. The lowest BCUT2D eigenvalue weighted by atomic mass is 9.95. The lowest BCUT2D eigenvalue weighted by Gasteiger charge is -2.19. The number of hydrogen-bond acceptors (Lipinski definition) is 7. The van der Waals surface area contributed by atoms with Crippen molar-refractivity contribution < 1.29 is 38.3 Å². The number of methoxy groups -OCH3 is 2. The summed E-state index contributed by atoms with van der Waals surface area (Å²) in [7, 11) is 2.24. The normalized spacial score (nSPS) is 17.9. The molecule has 37 heavy (non-hydrogen) atoms. The molecule has 3 rings (SSSR count). The predicted molar refractivity (Wildman–Crippen MR) is 134 cm³/mol. The fourth-order valence-corrected chi connectivity index (χ4v) is 5.04. The van der Waals surface area contributed by atoms with Gasteiger partial charge in [-0.2, -0.15) is 0 Å². The van der Waals surface area contributed by atoms with Gasteiger partial charge < -0.3 is 29.8 Å². The lowest BCUT2D eigenvalue weighted by Crippen LogP contribution is -2.36. The van der Waals surface area contributed by atoms with Crippen LogP contribution in [-0.2, 0) is 30.2 Å². The molecule has 3 atom stereocenters. The van der Waals surface area contributed by atoms with Gasteiger partial charge in [-0.15, -0.1) is 4.99 Å². The predicted octanol–water partition coefficient (Wildman–Crippen LogP) is 3.18. The minimum atomic E-state index is -1.76. The number of benzene rings is 2. The Balaban J connectivity index is 1.96. The van der Waals surface area contributed by atoms with Gasteiger partial charge in [0.2, 0.25) is 11.9 Å². The average molecular weight is 531 g/mol. The van der Waals surface area contributed by atoms with Crippen LogP contribution in [0.2, 0.25) is 0 Å². The van der Waals surface area contributed by atoms with Crippen molar-refractivity contribution in [2.75, 3.05) is 24.9 Å². The van der Waals surface area contributed by atoms with E-state index in [2.05, 4.69) is 30.4 Å². The van der Waals surface area contributed by atoms with E-state index in [1.54, 1.807) is 30.3 Å². The zero-order chi connectivity index (χ0) is 26.9. The second kappa shape index (κ2) is 12.7. The summed E-state index contributed by atoms with van der Waals surface area (Å²) in [5, 5.41) is 17.1. The van der Waals surface area contributed by atoms with E-state index in [4.69, 9.17) is 0 Å². The third-order valence-corrected chi connectivity index (χ3v) is 7.05. The maximum Gasteiger partial charge on any atom is 0.436 e. The number of carboxylic acids is 1. The van der Waals surface area contributed by atoms with Gasteiger partial charge in [0.15, 0.2) is 9.79 Å². The number of hydrogen-bond donors (Lipinski definition) is 4. The number of guanidine groups is 1. The molecular weight excluding hydrogens is 504 g/mol. The van der Waals surface area contributed by atoms with Crippen molar-refractivity contribution >= 4 is 52.6 Å². The number of rotatable bonds is 6. The standard InChI is InChI=1S/C24H26N4O8S/c1-35-23(32)27-22(28-24(33)36-2)25-14-11-12-18(19(13-14)37(34)15-7-4-3-5-8-15)26-20(29)16-9-6-10-17(16)21(30)31/h3-5,7-8,11-13,16-17H,6,9-10H2,1-2H3,(H,26,29)(H,30,31)(H2,25,27,28,32,33). The number of alkyl carbamates (subject to hydrolysis) is 1. The number of nitrogens with zero attached hydrogens (tertiary/aromatic N) is 1. The van der Waals surface area contributed by atoms with Crippen LogP contribution in [0.5, 0.6) is 0 Å². The summed E-state index contributed by atoms with van der Waals surface area (Å²) in [6, 6.07) is 12.9. The molecule has 1 aliphatic carbocycles. The van der Waals surface area contributed by atoms with Gasteiger partial charge >= 0.3 is 18.2 Å². The summed E-state index contributed by atoms with van der Waals surface area (Å²) >= 11 is -1.76. The number of anilines is 2. The second-order valence-corrected chi connectivity index (χ2v) is 9.38. The molecule has 2 aromatic rings. The topological polar surface area (TPSA) is 178 Å². The molecule has 3 amide bonds. The second-order valence-electron chi connectivity index (χ2n) is 7.94. The Hall–Kier alpha value is -4.10. The highest BCUT2D eigenvalue weighted by Gasteiger charge is 2.38. The molecule has 0 bridgehead atoms. The van der Waals surface area contributed by atoms with Crippen LogP contribution in [0.4, 0.5) is 21.0 Å². The zero-order valence-corrected chi connectivity index (χ0v) is 20.9. The molecule has 0 saturated heterocycles. The summed E-state index contributed by atoms with van der Waals surface area (Å²) in [5.74, 6) is -3.32. The molecule has 0 aromatic heterocycles. The summed E-state index contributed by atoms with van der Waals surface area (Å²) in [5.41, 5.74) is 0.488. The summed E-state index contributed by atoms with van der Waals surface area (Å²) in [6.45, 7) is 0. The van der Waals surface area contributed by atoms with Gasteiger partial charge in [-0.3, -0.25) is 14.9 Å². The minimum Gasteiger partial charge on any atom is -0.606 e. The molecule has 12 nitrogen and oxygen atoms in total. The first-order valence-electron chi connectivity index (χ1n) is 11.2. The largest absolute Gasteiger partial charge is 0.606 e. The van der Waals surface area contributed by atoms with Crippen LogP contribution in [0.1, 0.15) is 19.3 Å². The van der Waals surface area contributed by atoms with E-state index in [1.807, 2.05) is 0 Å². The van der Waals surface area contributed by atoms with Crippen molar-refractivity contribution in [2.24, 2.45) is 16.8 Å². The van der Waals surface area contributed by atoms with Gasteiger partial charge in [0.1, 0.15) is 0 Å². The van der Waals surface area contributed by atoms with Crippen molar-refractivity contribution in [2.45, 2.75) is 29.1 Å². The summed E-state index contributed by atoms with van der Waals surface area (Å²) in [6.07, 6.45) is -0.436. The zero-order valence-electron chi connectivity index (χ0n) is 20.1. The Morgan fingerprint density at radius 1 is 1.00 bits per heavy atom. The van der Waals surface area contributed by atoms with E-state index < -0.39 is 47.1 Å². The van der Waals surface area contributed by atoms with Gasteiger partial charge in [-0.1, -0.05) is 24.6 Å². The first kappa shape index (κ1) is 27.5. The Kier molecular flexibility index (Phi) is 9.46. The fourth-order valence-electron chi connectivity index (χ4n) is 3.83. The van der Waals surface area contributed by atoms with Gasteiger partial charge in [0, 0.05) is 22.9 Å². The van der Waals surface area contributed by atoms with Crippen molar-refractivity contribution in [3.05, 3.63) is 48.5 Å². The number of amides is 3. The number of carboxylic acid groups (broad SMARTS) is 1. The highest BCUT2D eigenvalue weighted by Crippen LogP contribution is 2.35. The van der Waals surface area contributed by atoms with Crippen LogP contribution < -0.4 is 16.0 Å². The molecule has 1 fully saturated rings. The third kappa shape index (κ3) is 7.21. The number of ether oxygens (including phenoxy) is 2. The van der Waals surface area contributed by atoms with Crippen molar-refractivity contribution in [3.8, 4) is 0 Å². The number of aliphatic carboxylic acids is 1. The van der Waals surface area contributed by atoms with Crippen LogP contribution >= 0.6 is 0 Å². The number of nitrogens with one attached hydrogen (secondary N) is 3. The molecule has 1 aliphatic rings. The van der Waals surface area contributed by atoms with Gasteiger partial charge in [-0.25, -0.2) is 9.59 Å². The first-order valence-corrected chi connectivity index (χ1v) is 12.3. The molecule has 1 saturated carbocycles. The quantitative estimate of drug-likeness (QED) is 0.248. The van der Waals surface area contributed by atoms with Crippen molar-refractivity contribution in [3.63, 3.8) is 0 Å². The molecule has 3 unspecified atom stereocenters. The van der Waals surface area contributed by atoms with E-state index in [0.29, 0.717) is 24.2 Å². The van der Waals surface area contributed by atoms with Crippen LogP contribution in [0.15, 0.2) is 63.3 Å². The Bertz CT molecular complexity index is 1190. The number of carbonyl (C=O) groups is 4. The van der Waals surface area contributed by atoms with E-state index in [-0.39, 0.29) is 22.2 Å². The minimum absolute atomic E-state index is 0.199. The lowest BCUT2D eigenvalue weighted by molar-refractivity contribution is -0.145. The summed E-state index contributed by atoms with van der Waals surface area (Å²) in [4.78, 5) is 52.1. The highest BCUT2D eigenvalue weighted by atomic mass is 32.2. The molecule has 0 spiro atoms. The fraction of sp³-hybridized carbons (Fsp3) is 0.292. The van der Waals surface area contributed by atoms with Gasteiger partial charge in [0.25, 0.3) is 0 Å². The van der Waals surface area contributed by atoms with Gasteiger partial charge in [0.05, 0.1) is 31.7 Å². The Labute approximate surface area is 215 Å². The maximum atomic E-state index is 13.5. The molecule has 0 heterocycles. The maximum absolute atomic E-state index is 13.5. The molecular formula is C24H26N4O8S. The molecule has 196 valence electrons. The Morgan fingerprint density at radius 3 is 2.35 bits per heavy atom. The van der Waals surface area contributed by atoms with Gasteiger partial charge in [-0.05, 0) is 37.1 Å². The first-order chi connectivity index (χ1) is 17.7. The molecule has 0 radical (unpaired) electrons. The molecule has 0 aliphatic heterocycles. The van der Waals surface area contributed by atoms with E-state index in [0.717, 1.165) is 14.2 Å². The third-order valence-electron chi connectivity index (χ3n) is 5.61. The van der Waals surface area contributed by atoms with Crippen LogP contribution in [0, 0.1) is 11.8 Å². The average Bonchev–Trinajstić information content (AvgIpc) is 3.40. The van der Waals surface area contributed by atoms with Crippen molar-refractivity contribution in [1.29, 1.82) is 0 Å². The van der Waals surface area contributed by atoms with E-state index in [9.17, 15) is 28.8 Å². The Morgan fingerprint density at radius 2 is 1.70 bits per heavy atom.